The van der Waals surface area contributed by atoms with Gasteiger partial charge < -0.3 is 0 Å². The van der Waals surface area contributed by atoms with Gasteiger partial charge >= 0.3 is 0 Å². The van der Waals surface area contributed by atoms with E-state index in [1.165, 1.54) is 19.3 Å². The van der Waals surface area contributed by atoms with Crippen molar-refractivity contribution >= 4 is 35.0 Å². The van der Waals surface area contributed by atoms with Gasteiger partial charge in [-0.1, -0.05) is 0 Å². The molecule has 5 saturated carbocycles. The number of nitrogens with one attached hydrogen (secondary N) is 2. The van der Waals surface area contributed by atoms with Gasteiger partial charge in [-0.2, -0.15) is 0 Å². The lowest BCUT2D eigenvalue weighted by molar-refractivity contribution is -0.149. The summed E-state index contributed by atoms with van der Waals surface area (Å²) in [7, 11) is 0. The molecule has 0 aliphatic heterocycles. The second-order valence-electron chi connectivity index (χ2n) is 8.32. The summed E-state index contributed by atoms with van der Waals surface area (Å²) in [6.45, 7) is 1.72. The monoisotopic (exact) mass is 344 g/mol. The zero-order chi connectivity index (χ0) is 15.8. The molecule has 0 spiro atoms. The molecule has 22 heavy (non-hydrogen) atoms. The molecule has 0 unspecified atom stereocenters. The molecule has 2 amide bonds. The van der Waals surface area contributed by atoms with Crippen molar-refractivity contribution in [3.8, 4) is 0 Å². The van der Waals surface area contributed by atoms with Crippen LogP contribution in [0.3, 0.4) is 0 Å². The van der Waals surface area contributed by atoms with Gasteiger partial charge in [0, 0.05) is 0 Å². The Balaban J connectivity index is 1.40. The Morgan fingerprint density at radius 2 is 1.32 bits per heavy atom. The topological polar surface area (TPSA) is 58.2 Å². The van der Waals surface area contributed by atoms with Crippen molar-refractivity contribution in [3.63, 3.8) is 0 Å². The second-order valence-corrected chi connectivity index (χ2v) is 9.80. The molecule has 4 nitrogen and oxygen atoms in total. The molecule has 1 atom stereocenters. The van der Waals surface area contributed by atoms with Crippen LogP contribution in [0, 0.1) is 28.6 Å². The highest BCUT2D eigenvalue weighted by molar-refractivity contribution is 6.53. The summed E-state index contributed by atoms with van der Waals surface area (Å²) in [5.41, 5.74) is 4.17. The van der Waals surface area contributed by atoms with E-state index in [1.807, 2.05) is 0 Å². The Hall–Kier alpha value is -0.480. The molecule has 5 fully saturated rings. The third-order valence-electron chi connectivity index (χ3n) is 6.57. The number of alkyl halides is 2. The first-order valence-electron chi connectivity index (χ1n) is 8.23. The molecule has 122 valence electrons. The molecular weight excluding hydrogens is 323 g/mol. The van der Waals surface area contributed by atoms with Crippen molar-refractivity contribution in [2.24, 2.45) is 28.6 Å². The summed E-state index contributed by atoms with van der Waals surface area (Å²) in [5.74, 6) is 1.79. The lowest BCUT2D eigenvalue weighted by Crippen LogP contribution is -2.57. The van der Waals surface area contributed by atoms with Gasteiger partial charge in [0.15, 0.2) is 0 Å². The van der Waals surface area contributed by atoms with Crippen molar-refractivity contribution in [2.75, 3.05) is 0 Å². The van der Waals surface area contributed by atoms with E-state index in [2.05, 4.69) is 10.9 Å². The standard InChI is InChI=1S/C16H22Cl2N2O2/c1-14(8-16(14,17)18)12(21)19-20-13(22)15-5-9-2-10(6-15)4-11(3-9)7-15/h9-11H,2-8H2,1H3,(H,19,21)(H,20,22)/t9?,10?,11?,14-,15?/m0/s1. The van der Waals surface area contributed by atoms with E-state index in [9.17, 15) is 9.59 Å². The van der Waals surface area contributed by atoms with Crippen LogP contribution in [0.1, 0.15) is 51.9 Å². The summed E-state index contributed by atoms with van der Waals surface area (Å²) < 4.78 is -1.01. The van der Waals surface area contributed by atoms with Gasteiger partial charge in [-0.15, -0.1) is 23.2 Å². The van der Waals surface area contributed by atoms with Gasteiger partial charge in [0.05, 0.1) is 10.8 Å². The number of hydrogen-bond donors (Lipinski definition) is 2. The highest BCUT2D eigenvalue weighted by atomic mass is 35.5. The van der Waals surface area contributed by atoms with Crippen LogP contribution >= 0.6 is 23.2 Å². The van der Waals surface area contributed by atoms with E-state index >= 15 is 0 Å². The Kier molecular flexibility index (Phi) is 3.11. The first-order valence-corrected chi connectivity index (χ1v) is 8.98. The number of hydrogen-bond acceptors (Lipinski definition) is 2. The number of halogens is 2. The molecule has 0 saturated heterocycles. The zero-order valence-electron chi connectivity index (χ0n) is 12.8. The lowest BCUT2D eigenvalue weighted by Gasteiger charge is -2.55. The molecule has 0 aromatic carbocycles. The molecule has 2 N–H and O–H groups in total. The fourth-order valence-electron chi connectivity index (χ4n) is 5.42. The Labute approximate surface area is 140 Å². The van der Waals surface area contributed by atoms with Gasteiger partial charge in [-0.3, -0.25) is 20.4 Å². The maximum atomic E-state index is 12.7. The Morgan fingerprint density at radius 3 is 1.73 bits per heavy atom. The molecule has 0 aromatic rings. The van der Waals surface area contributed by atoms with Gasteiger partial charge in [0.2, 0.25) is 11.8 Å². The number of amides is 2. The van der Waals surface area contributed by atoms with E-state index < -0.39 is 9.75 Å². The molecule has 6 heteroatoms. The van der Waals surface area contributed by atoms with E-state index in [0.717, 1.165) is 19.3 Å². The lowest BCUT2D eigenvalue weighted by atomic mass is 9.49. The minimum atomic E-state index is -1.01. The van der Waals surface area contributed by atoms with E-state index in [-0.39, 0.29) is 17.2 Å². The molecule has 5 aliphatic rings. The fourth-order valence-corrected chi connectivity index (χ4v) is 6.13. The number of rotatable bonds is 2. The zero-order valence-corrected chi connectivity index (χ0v) is 14.3. The smallest absolute Gasteiger partial charge is 0.247 e. The summed E-state index contributed by atoms with van der Waals surface area (Å²) in [5, 5.41) is 0. The number of carbonyl (C=O) groups is 2. The predicted octanol–water partition coefficient (Wildman–Crippen LogP) is 2.93. The first-order chi connectivity index (χ1) is 10.2. The van der Waals surface area contributed by atoms with Crippen LogP contribution in [0.2, 0.25) is 0 Å². The van der Waals surface area contributed by atoms with Crippen molar-refractivity contribution < 1.29 is 9.59 Å². The van der Waals surface area contributed by atoms with Crippen LogP contribution in [0.15, 0.2) is 0 Å². The SMILES string of the molecule is C[C@@]1(C(=O)NNC(=O)C23CC4CC(CC(C4)C2)C3)CC1(Cl)Cl. The van der Waals surface area contributed by atoms with Crippen molar-refractivity contribution in [2.45, 2.75) is 56.2 Å². The number of carbonyl (C=O) groups excluding carboxylic acids is 2. The molecule has 0 aromatic heterocycles. The maximum absolute atomic E-state index is 12.7. The van der Waals surface area contributed by atoms with E-state index in [1.54, 1.807) is 6.92 Å². The third kappa shape index (κ3) is 2.10. The third-order valence-corrected chi connectivity index (χ3v) is 7.67. The summed E-state index contributed by atoms with van der Waals surface area (Å²) in [6, 6.07) is 0. The quantitative estimate of drug-likeness (QED) is 0.597. The largest absolute Gasteiger partial charge is 0.273 e. The first kappa shape index (κ1) is 15.1. The van der Waals surface area contributed by atoms with E-state index in [4.69, 9.17) is 23.2 Å². The van der Waals surface area contributed by atoms with Crippen LogP contribution in [0.5, 0.6) is 0 Å². The van der Waals surface area contributed by atoms with E-state index in [0.29, 0.717) is 24.2 Å². The highest BCUT2D eigenvalue weighted by Crippen LogP contribution is 2.64. The Bertz CT molecular complexity index is 513. The normalized spacial score (nSPS) is 47.1. The van der Waals surface area contributed by atoms with Gasteiger partial charge in [0.25, 0.3) is 0 Å². The number of hydrazine groups is 1. The van der Waals surface area contributed by atoms with Crippen molar-refractivity contribution in [1.82, 2.24) is 10.9 Å². The molecule has 5 rings (SSSR count). The Morgan fingerprint density at radius 1 is 0.909 bits per heavy atom. The van der Waals surface area contributed by atoms with Crippen LogP contribution in [-0.2, 0) is 9.59 Å². The van der Waals surface area contributed by atoms with Crippen molar-refractivity contribution in [3.05, 3.63) is 0 Å². The maximum Gasteiger partial charge on any atom is 0.247 e. The highest BCUT2D eigenvalue weighted by Gasteiger charge is 2.68. The van der Waals surface area contributed by atoms with Crippen LogP contribution in [0.4, 0.5) is 0 Å². The summed E-state index contributed by atoms with van der Waals surface area (Å²) in [4.78, 5) is 24.9. The average molecular weight is 345 g/mol. The van der Waals surface area contributed by atoms with Crippen LogP contribution < -0.4 is 10.9 Å². The summed E-state index contributed by atoms with van der Waals surface area (Å²) in [6.07, 6.45) is 7.23. The van der Waals surface area contributed by atoms with Gasteiger partial charge in [-0.25, -0.2) is 0 Å². The fraction of sp³-hybridized carbons (Fsp3) is 0.875. The average Bonchev–Trinajstić information content (AvgIpc) is 2.94. The molecule has 0 heterocycles. The summed E-state index contributed by atoms with van der Waals surface area (Å²) >= 11 is 12.0. The van der Waals surface area contributed by atoms with Crippen LogP contribution in [0.25, 0.3) is 0 Å². The molecule has 4 bridgehead atoms. The predicted molar refractivity (Wildman–Crippen MR) is 84.1 cm³/mol. The van der Waals surface area contributed by atoms with Crippen LogP contribution in [-0.4, -0.2) is 16.1 Å². The minimum absolute atomic E-state index is 0.0149. The van der Waals surface area contributed by atoms with Gasteiger partial charge in [-0.05, 0) is 69.6 Å². The minimum Gasteiger partial charge on any atom is -0.273 e. The van der Waals surface area contributed by atoms with Crippen molar-refractivity contribution in [1.29, 1.82) is 0 Å². The molecule has 5 aliphatic carbocycles. The molecular formula is C16H22Cl2N2O2. The second kappa shape index (κ2) is 4.54. The molecule has 0 radical (unpaired) electrons. The van der Waals surface area contributed by atoms with Gasteiger partial charge in [0.1, 0.15) is 4.33 Å².